The van der Waals surface area contributed by atoms with Crippen LogP contribution in [0.4, 0.5) is 5.69 Å². The van der Waals surface area contributed by atoms with Gasteiger partial charge in [0.25, 0.3) is 15.9 Å². The first-order valence-corrected chi connectivity index (χ1v) is 10.3. The van der Waals surface area contributed by atoms with Gasteiger partial charge in [0, 0.05) is 24.2 Å². The summed E-state index contributed by atoms with van der Waals surface area (Å²) in [6.07, 6.45) is 3.09. The lowest BCUT2D eigenvalue weighted by atomic mass is 10.2. The summed E-state index contributed by atoms with van der Waals surface area (Å²) in [6.45, 7) is 4.59. The van der Waals surface area contributed by atoms with Crippen LogP contribution in [0.25, 0.3) is 0 Å². The topological polar surface area (TPSA) is 96.9 Å². The Hall–Kier alpha value is -3.13. The van der Waals surface area contributed by atoms with Gasteiger partial charge in [0.15, 0.2) is 0 Å². The van der Waals surface area contributed by atoms with Crippen LogP contribution in [0.15, 0.2) is 71.1 Å². The third-order valence-corrected chi connectivity index (χ3v) is 5.39. The molecule has 2 N–H and O–H groups in total. The molecule has 0 fully saturated rings. The van der Waals surface area contributed by atoms with Crippen molar-refractivity contribution in [2.24, 2.45) is 4.99 Å². The zero-order chi connectivity index (χ0) is 20.0. The van der Waals surface area contributed by atoms with Crippen LogP contribution in [0.1, 0.15) is 23.2 Å². The lowest BCUT2D eigenvalue weighted by Gasteiger charge is -2.10. The highest BCUT2D eigenvalue weighted by Gasteiger charge is 2.19. The van der Waals surface area contributed by atoms with Crippen LogP contribution in [0.2, 0.25) is 0 Å². The molecular weight excluding hydrogens is 378 g/mol. The fraction of sp³-hybridized carbons (Fsp3) is 0.200. The minimum Gasteiger partial charge on any atom is -0.490 e. The van der Waals surface area contributed by atoms with E-state index in [0.717, 1.165) is 6.42 Å². The van der Waals surface area contributed by atoms with E-state index in [9.17, 15) is 13.2 Å². The van der Waals surface area contributed by atoms with Crippen molar-refractivity contribution in [2.45, 2.75) is 17.7 Å². The van der Waals surface area contributed by atoms with Gasteiger partial charge >= 0.3 is 0 Å². The number of carbonyl (C=O) groups is 1. The summed E-state index contributed by atoms with van der Waals surface area (Å²) < 4.78 is 32.9. The molecule has 0 spiro atoms. The van der Waals surface area contributed by atoms with Gasteiger partial charge in [-0.3, -0.25) is 14.5 Å². The zero-order valence-corrected chi connectivity index (χ0v) is 16.0. The SMILES string of the molecule is C=CCOc1ccc(C(=O)Nc2cccc(S(=O)(=O)NC3=NCCC3)c2)cc1. The highest BCUT2D eigenvalue weighted by atomic mass is 32.2. The van der Waals surface area contributed by atoms with E-state index < -0.39 is 10.0 Å². The summed E-state index contributed by atoms with van der Waals surface area (Å²) in [7, 11) is -3.74. The van der Waals surface area contributed by atoms with E-state index in [2.05, 4.69) is 21.6 Å². The van der Waals surface area contributed by atoms with Gasteiger partial charge in [0.1, 0.15) is 18.2 Å². The predicted molar refractivity (Wildman–Crippen MR) is 108 cm³/mol. The van der Waals surface area contributed by atoms with E-state index in [-0.39, 0.29) is 10.8 Å². The number of benzene rings is 2. The average Bonchev–Trinajstić information content (AvgIpc) is 3.19. The van der Waals surface area contributed by atoms with Gasteiger partial charge in [-0.2, -0.15) is 0 Å². The summed E-state index contributed by atoms with van der Waals surface area (Å²) in [5.74, 6) is 0.747. The molecule has 1 amide bonds. The minimum atomic E-state index is -3.74. The molecule has 0 aliphatic carbocycles. The maximum Gasteiger partial charge on any atom is 0.262 e. The first kappa shape index (κ1) is 19.6. The molecule has 0 unspecified atom stereocenters. The first-order chi connectivity index (χ1) is 13.5. The average molecular weight is 399 g/mol. The number of hydrogen-bond acceptors (Lipinski definition) is 5. The van der Waals surface area contributed by atoms with Gasteiger partial charge in [-0.25, -0.2) is 8.42 Å². The second kappa shape index (κ2) is 8.71. The zero-order valence-electron chi connectivity index (χ0n) is 15.2. The van der Waals surface area contributed by atoms with E-state index in [1.54, 1.807) is 42.5 Å². The van der Waals surface area contributed by atoms with Crippen LogP contribution in [0.5, 0.6) is 5.75 Å². The number of hydrogen-bond donors (Lipinski definition) is 2. The molecule has 0 atom stereocenters. The van der Waals surface area contributed by atoms with E-state index in [1.165, 1.54) is 12.1 Å². The van der Waals surface area contributed by atoms with Crippen LogP contribution in [-0.2, 0) is 10.0 Å². The standard InChI is InChI=1S/C20H21N3O4S/c1-2-13-27-17-10-8-15(9-11-17)20(24)22-16-5-3-6-18(14-16)28(25,26)23-19-7-4-12-21-19/h2-3,5-6,8-11,14H,1,4,7,12-13H2,(H,21,23)(H,22,24). The second-order valence-electron chi connectivity index (χ2n) is 6.14. The number of anilines is 1. The third-order valence-electron chi connectivity index (χ3n) is 4.01. The van der Waals surface area contributed by atoms with Gasteiger partial charge in [0.2, 0.25) is 0 Å². The molecule has 3 rings (SSSR count). The number of ether oxygens (including phenoxy) is 1. The van der Waals surface area contributed by atoms with E-state index >= 15 is 0 Å². The third kappa shape index (κ3) is 4.98. The maximum absolute atomic E-state index is 12.5. The number of amidine groups is 1. The van der Waals surface area contributed by atoms with Gasteiger partial charge in [-0.1, -0.05) is 18.7 Å². The van der Waals surface area contributed by atoms with Crippen LogP contribution in [0, 0.1) is 0 Å². The first-order valence-electron chi connectivity index (χ1n) is 8.79. The number of rotatable bonds is 7. The van der Waals surface area contributed by atoms with Crippen molar-refractivity contribution in [3.63, 3.8) is 0 Å². The Morgan fingerprint density at radius 2 is 2.00 bits per heavy atom. The molecular formula is C20H21N3O4S. The summed E-state index contributed by atoms with van der Waals surface area (Å²) in [4.78, 5) is 16.6. The summed E-state index contributed by atoms with van der Waals surface area (Å²) in [5.41, 5.74) is 0.811. The van der Waals surface area contributed by atoms with E-state index in [4.69, 9.17) is 4.74 Å². The number of amides is 1. The number of aliphatic imine (C=N–C) groups is 1. The maximum atomic E-state index is 12.5. The smallest absolute Gasteiger partial charge is 0.262 e. The van der Waals surface area contributed by atoms with Crippen molar-refractivity contribution in [3.8, 4) is 5.75 Å². The Kier molecular flexibility index (Phi) is 6.10. The molecule has 28 heavy (non-hydrogen) atoms. The lowest BCUT2D eigenvalue weighted by Crippen LogP contribution is -2.29. The summed E-state index contributed by atoms with van der Waals surface area (Å²) >= 11 is 0. The van der Waals surface area contributed by atoms with Crippen molar-refractivity contribution in [1.29, 1.82) is 0 Å². The van der Waals surface area contributed by atoms with E-state index in [0.29, 0.717) is 42.4 Å². The van der Waals surface area contributed by atoms with Crippen LogP contribution >= 0.6 is 0 Å². The molecule has 1 aliphatic heterocycles. The Morgan fingerprint density at radius 1 is 1.21 bits per heavy atom. The Labute approximate surface area is 164 Å². The Morgan fingerprint density at radius 3 is 2.68 bits per heavy atom. The molecule has 1 heterocycles. The monoisotopic (exact) mass is 399 g/mol. The fourth-order valence-electron chi connectivity index (χ4n) is 2.64. The number of nitrogens with zero attached hydrogens (tertiary/aromatic N) is 1. The molecule has 7 nitrogen and oxygen atoms in total. The molecule has 146 valence electrons. The fourth-order valence-corrected chi connectivity index (χ4v) is 3.77. The number of sulfonamides is 1. The molecule has 2 aromatic rings. The van der Waals surface area contributed by atoms with Crippen LogP contribution in [0.3, 0.4) is 0 Å². The molecule has 0 radical (unpaired) electrons. The normalized spacial score (nSPS) is 13.5. The van der Waals surface area contributed by atoms with Crippen molar-refractivity contribution in [2.75, 3.05) is 18.5 Å². The Bertz CT molecular complexity index is 998. The number of carbonyl (C=O) groups excluding carboxylic acids is 1. The van der Waals surface area contributed by atoms with Crippen molar-refractivity contribution in [1.82, 2.24) is 4.72 Å². The van der Waals surface area contributed by atoms with Gasteiger partial charge in [-0.05, 0) is 48.9 Å². The molecule has 0 saturated heterocycles. The molecule has 0 aromatic heterocycles. The summed E-state index contributed by atoms with van der Waals surface area (Å²) in [6, 6.07) is 12.7. The van der Waals surface area contributed by atoms with Gasteiger partial charge < -0.3 is 10.1 Å². The Balaban J connectivity index is 1.70. The predicted octanol–water partition coefficient (Wildman–Crippen LogP) is 2.97. The van der Waals surface area contributed by atoms with Crippen molar-refractivity contribution >= 4 is 27.5 Å². The number of nitrogens with one attached hydrogen (secondary N) is 2. The van der Waals surface area contributed by atoms with E-state index in [1.807, 2.05) is 0 Å². The van der Waals surface area contributed by atoms with Crippen LogP contribution < -0.4 is 14.8 Å². The molecule has 8 heteroatoms. The lowest BCUT2D eigenvalue weighted by molar-refractivity contribution is 0.102. The van der Waals surface area contributed by atoms with Gasteiger partial charge in [0.05, 0.1) is 4.90 Å². The second-order valence-corrected chi connectivity index (χ2v) is 7.83. The highest BCUT2D eigenvalue weighted by molar-refractivity contribution is 7.90. The van der Waals surface area contributed by atoms with Crippen molar-refractivity contribution in [3.05, 3.63) is 66.7 Å². The summed E-state index contributed by atoms with van der Waals surface area (Å²) in [5, 5.41) is 2.71. The molecule has 0 saturated carbocycles. The van der Waals surface area contributed by atoms with Gasteiger partial charge in [-0.15, -0.1) is 0 Å². The quantitative estimate of drug-likeness (QED) is 0.700. The van der Waals surface area contributed by atoms with Crippen molar-refractivity contribution < 1.29 is 17.9 Å². The largest absolute Gasteiger partial charge is 0.490 e. The van der Waals surface area contributed by atoms with Crippen LogP contribution in [-0.4, -0.2) is 33.3 Å². The molecule has 1 aliphatic rings. The molecule has 2 aromatic carbocycles. The minimum absolute atomic E-state index is 0.0630. The highest BCUT2D eigenvalue weighted by Crippen LogP contribution is 2.18. The molecule has 0 bridgehead atoms.